The van der Waals surface area contributed by atoms with Gasteiger partial charge in [-0.05, 0) is 55.0 Å². The maximum absolute atomic E-state index is 13.3. The summed E-state index contributed by atoms with van der Waals surface area (Å²) in [5.74, 6) is -0.803. The summed E-state index contributed by atoms with van der Waals surface area (Å²) < 4.78 is 46.2. The third kappa shape index (κ3) is 4.60. The van der Waals surface area contributed by atoms with Crippen LogP contribution >= 0.6 is 0 Å². The molecule has 0 radical (unpaired) electrons. The second kappa shape index (κ2) is 8.96. The van der Waals surface area contributed by atoms with Gasteiger partial charge >= 0.3 is 0 Å². The minimum Gasteiger partial charge on any atom is -0.495 e. The molecule has 0 bridgehead atoms. The number of rotatable bonds is 7. The van der Waals surface area contributed by atoms with Gasteiger partial charge in [0.15, 0.2) is 0 Å². The Morgan fingerprint density at radius 2 is 1.63 bits per heavy atom. The van der Waals surface area contributed by atoms with E-state index in [9.17, 15) is 17.6 Å². The Hall–Kier alpha value is -3.39. The van der Waals surface area contributed by atoms with E-state index >= 15 is 0 Å². The van der Waals surface area contributed by atoms with E-state index in [1.165, 1.54) is 7.11 Å². The average Bonchev–Trinajstić information content (AvgIpc) is 2.74. The fourth-order valence-electron chi connectivity index (χ4n) is 2.90. The van der Waals surface area contributed by atoms with Gasteiger partial charge in [0.1, 0.15) is 18.1 Å². The van der Waals surface area contributed by atoms with Crippen molar-refractivity contribution < 1.29 is 22.3 Å². The standard InChI is InChI=1S/C22H21FN2O4S/c1-16-7-3-4-8-19(16)24-22(26)15-25(20-9-5-6-10-21(20)29-2)30(27,28)18-13-11-17(23)12-14-18/h3-14H,15H2,1-2H3,(H,24,26). The van der Waals surface area contributed by atoms with Crippen LogP contribution in [0.25, 0.3) is 0 Å². The molecule has 1 N–H and O–H groups in total. The molecular formula is C22H21FN2O4S. The molecule has 156 valence electrons. The van der Waals surface area contributed by atoms with Gasteiger partial charge in [0.2, 0.25) is 5.91 Å². The number of carbonyl (C=O) groups excluding carboxylic acids is 1. The monoisotopic (exact) mass is 428 g/mol. The molecule has 8 heteroatoms. The summed E-state index contributed by atoms with van der Waals surface area (Å²) in [6.07, 6.45) is 0. The molecule has 0 saturated carbocycles. The number of benzene rings is 3. The summed E-state index contributed by atoms with van der Waals surface area (Å²) in [6, 6.07) is 18.1. The molecule has 0 spiro atoms. The van der Waals surface area contributed by atoms with Crippen LogP contribution in [0.2, 0.25) is 0 Å². The third-order valence-electron chi connectivity index (χ3n) is 4.46. The largest absolute Gasteiger partial charge is 0.495 e. The topological polar surface area (TPSA) is 75.7 Å². The first kappa shape index (κ1) is 21.3. The molecule has 3 aromatic rings. The lowest BCUT2D eigenvalue weighted by Crippen LogP contribution is -2.38. The first-order valence-corrected chi connectivity index (χ1v) is 10.5. The average molecular weight is 428 g/mol. The maximum Gasteiger partial charge on any atom is 0.264 e. The maximum atomic E-state index is 13.3. The van der Waals surface area contributed by atoms with E-state index < -0.39 is 28.3 Å². The Kier molecular flexibility index (Phi) is 6.37. The summed E-state index contributed by atoms with van der Waals surface area (Å²) in [7, 11) is -2.76. The summed E-state index contributed by atoms with van der Waals surface area (Å²) in [5, 5.41) is 2.73. The molecule has 0 saturated heterocycles. The van der Waals surface area contributed by atoms with Crippen LogP contribution in [0.4, 0.5) is 15.8 Å². The third-order valence-corrected chi connectivity index (χ3v) is 6.24. The highest BCUT2D eigenvalue weighted by molar-refractivity contribution is 7.92. The van der Waals surface area contributed by atoms with Crippen LogP contribution in [0.5, 0.6) is 5.75 Å². The van der Waals surface area contributed by atoms with Gasteiger partial charge in [-0.25, -0.2) is 12.8 Å². The molecule has 30 heavy (non-hydrogen) atoms. The number of sulfonamides is 1. The van der Waals surface area contributed by atoms with Crippen molar-refractivity contribution in [3.05, 3.63) is 84.2 Å². The number of amides is 1. The number of hydrogen-bond acceptors (Lipinski definition) is 4. The van der Waals surface area contributed by atoms with Crippen molar-refractivity contribution in [3.8, 4) is 5.75 Å². The Bertz CT molecular complexity index is 1150. The quantitative estimate of drug-likeness (QED) is 0.618. The molecule has 0 fully saturated rings. The summed E-state index contributed by atoms with van der Waals surface area (Å²) >= 11 is 0. The van der Waals surface area contributed by atoms with Crippen LogP contribution < -0.4 is 14.4 Å². The van der Waals surface area contributed by atoms with Crippen molar-refractivity contribution in [3.63, 3.8) is 0 Å². The van der Waals surface area contributed by atoms with Gasteiger partial charge in [0, 0.05) is 5.69 Å². The van der Waals surface area contributed by atoms with Crippen LogP contribution in [0, 0.1) is 12.7 Å². The van der Waals surface area contributed by atoms with Crippen molar-refractivity contribution in [1.29, 1.82) is 0 Å². The fourth-order valence-corrected chi connectivity index (χ4v) is 4.33. The van der Waals surface area contributed by atoms with Crippen molar-refractivity contribution in [1.82, 2.24) is 0 Å². The van der Waals surface area contributed by atoms with Gasteiger partial charge in [-0.15, -0.1) is 0 Å². The van der Waals surface area contributed by atoms with Gasteiger partial charge in [-0.3, -0.25) is 9.10 Å². The van der Waals surface area contributed by atoms with Crippen LogP contribution in [-0.2, 0) is 14.8 Å². The molecule has 0 atom stereocenters. The molecule has 0 aromatic heterocycles. The second-order valence-electron chi connectivity index (χ2n) is 6.50. The smallest absolute Gasteiger partial charge is 0.264 e. The lowest BCUT2D eigenvalue weighted by molar-refractivity contribution is -0.114. The van der Waals surface area contributed by atoms with Crippen molar-refractivity contribution in [2.75, 3.05) is 23.3 Å². The molecule has 0 heterocycles. The number of aryl methyl sites for hydroxylation is 1. The number of nitrogens with zero attached hydrogens (tertiary/aromatic N) is 1. The van der Waals surface area contributed by atoms with Gasteiger partial charge in [-0.1, -0.05) is 30.3 Å². The molecule has 6 nitrogen and oxygen atoms in total. The fraction of sp³-hybridized carbons (Fsp3) is 0.136. The molecular weight excluding hydrogens is 407 g/mol. The lowest BCUT2D eigenvalue weighted by Gasteiger charge is -2.25. The zero-order chi connectivity index (χ0) is 21.7. The highest BCUT2D eigenvalue weighted by Gasteiger charge is 2.29. The molecule has 3 rings (SSSR count). The number of ether oxygens (including phenoxy) is 1. The number of carbonyl (C=O) groups is 1. The number of hydrogen-bond donors (Lipinski definition) is 1. The SMILES string of the molecule is COc1ccccc1N(CC(=O)Nc1ccccc1C)S(=O)(=O)c1ccc(F)cc1. The Balaban J connectivity index is 2.00. The van der Waals surface area contributed by atoms with E-state index in [-0.39, 0.29) is 16.3 Å². The zero-order valence-electron chi connectivity index (χ0n) is 16.5. The van der Waals surface area contributed by atoms with E-state index in [1.54, 1.807) is 36.4 Å². The summed E-state index contributed by atoms with van der Waals surface area (Å²) in [5.41, 5.74) is 1.63. The van der Waals surface area contributed by atoms with Crippen LogP contribution in [0.15, 0.2) is 77.7 Å². The molecule has 0 aliphatic heterocycles. The van der Waals surface area contributed by atoms with Gasteiger partial charge in [-0.2, -0.15) is 0 Å². The van der Waals surface area contributed by atoms with E-state index in [0.29, 0.717) is 5.69 Å². The predicted molar refractivity (Wildman–Crippen MR) is 114 cm³/mol. The van der Waals surface area contributed by atoms with Gasteiger partial charge < -0.3 is 10.1 Å². The van der Waals surface area contributed by atoms with Gasteiger partial charge in [0.05, 0.1) is 17.7 Å². The second-order valence-corrected chi connectivity index (χ2v) is 8.36. The minimum absolute atomic E-state index is 0.140. The van der Waals surface area contributed by atoms with Crippen LogP contribution in [0.1, 0.15) is 5.56 Å². The minimum atomic E-state index is -4.18. The van der Waals surface area contributed by atoms with Crippen molar-refractivity contribution in [2.24, 2.45) is 0 Å². The van der Waals surface area contributed by atoms with E-state index in [0.717, 1.165) is 34.1 Å². The molecule has 1 amide bonds. The normalized spacial score (nSPS) is 11.0. The van der Waals surface area contributed by atoms with Gasteiger partial charge in [0.25, 0.3) is 10.0 Å². The zero-order valence-corrected chi connectivity index (χ0v) is 17.3. The number of anilines is 2. The van der Waals surface area contributed by atoms with Crippen molar-refractivity contribution >= 4 is 27.3 Å². The Labute approximate surface area is 175 Å². The number of halogens is 1. The first-order valence-electron chi connectivity index (χ1n) is 9.09. The predicted octanol–water partition coefficient (Wildman–Crippen LogP) is 3.98. The molecule has 0 aliphatic carbocycles. The van der Waals surface area contributed by atoms with Crippen molar-refractivity contribution in [2.45, 2.75) is 11.8 Å². The number of methoxy groups -OCH3 is 1. The molecule has 0 aliphatic rings. The highest BCUT2D eigenvalue weighted by atomic mass is 32.2. The van der Waals surface area contributed by atoms with E-state index in [1.807, 2.05) is 19.1 Å². The summed E-state index contributed by atoms with van der Waals surface area (Å²) in [4.78, 5) is 12.6. The first-order chi connectivity index (χ1) is 14.3. The molecule has 0 unspecified atom stereocenters. The molecule has 3 aromatic carbocycles. The Morgan fingerprint density at radius 1 is 1.00 bits per heavy atom. The highest BCUT2D eigenvalue weighted by Crippen LogP contribution is 2.32. The van der Waals surface area contributed by atoms with Crippen LogP contribution in [-0.4, -0.2) is 28.0 Å². The Morgan fingerprint density at radius 3 is 2.30 bits per heavy atom. The number of para-hydroxylation sites is 3. The van der Waals surface area contributed by atoms with E-state index in [4.69, 9.17) is 4.74 Å². The lowest BCUT2D eigenvalue weighted by atomic mass is 10.2. The summed E-state index contributed by atoms with van der Waals surface area (Å²) in [6.45, 7) is 1.34. The van der Waals surface area contributed by atoms with Crippen LogP contribution in [0.3, 0.4) is 0 Å². The van der Waals surface area contributed by atoms with E-state index in [2.05, 4.69) is 5.32 Å². The number of nitrogens with one attached hydrogen (secondary N) is 1.